The Bertz CT molecular complexity index is 404. The number of benzene rings is 1. The van der Waals surface area contributed by atoms with Crippen LogP contribution in [-0.4, -0.2) is 12.4 Å². The molecule has 0 atom stereocenters. The number of nitrogens with zero attached hydrogens (tertiary/aromatic N) is 1. The third kappa shape index (κ3) is 1.49. The lowest BCUT2D eigenvalue weighted by Gasteiger charge is -2.15. The zero-order valence-electron chi connectivity index (χ0n) is 8.50. The fourth-order valence-corrected chi connectivity index (χ4v) is 2.72. The summed E-state index contributed by atoms with van der Waals surface area (Å²) in [6.07, 6.45) is 5.33. The van der Waals surface area contributed by atoms with Crippen LogP contribution in [0.25, 0.3) is 0 Å². The molecule has 0 spiro atoms. The molecule has 0 unspecified atom stereocenters. The first kappa shape index (κ1) is 9.48. The minimum Gasteiger partial charge on any atom is -0.350 e. The Balaban J connectivity index is 2.41. The highest BCUT2D eigenvalue weighted by atomic mass is 32.2. The molecule has 1 aromatic rings. The van der Waals surface area contributed by atoms with Gasteiger partial charge in [-0.25, -0.2) is 0 Å². The second-order valence-electron chi connectivity index (χ2n) is 3.58. The molecule has 0 aromatic heterocycles. The molecular weight excluding hydrogens is 190 g/mol. The number of anilines is 1. The lowest BCUT2D eigenvalue weighted by Crippen LogP contribution is -2.18. The molecule has 0 saturated carbocycles. The number of terminal acetylenes is 1. The highest BCUT2D eigenvalue weighted by molar-refractivity contribution is 7.99. The monoisotopic (exact) mass is 203 g/mol. The smallest absolute Gasteiger partial charge is 0.0800 e. The molecule has 1 aliphatic heterocycles. The van der Waals surface area contributed by atoms with E-state index in [0.717, 1.165) is 5.88 Å². The van der Waals surface area contributed by atoms with Crippen molar-refractivity contribution in [1.82, 2.24) is 0 Å². The first-order valence-corrected chi connectivity index (χ1v) is 5.63. The van der Waals surface area contributed by atoms with Crippen LogP contribution < -0.4 is 4.90 Å². The van der Waals surface area contributed by atoms with E-state index < -0.39 is 0 Å². The summed E-state index contributed by atoms with van der Waals surface area (Å²) in [6, 6.07) is 4.49. The normalized spacial score (nSPS) is 13.9. The van der Waals surface area contributed by atoms with Crippen LogP contribution in [0.3, 0.4) is 0 Å². The SMILES string of the molecule is C#CCN1CSc2cc(C)c(C)cc21. The van der Waals surface area contributed by atoms with Gasteiger partial charge in [-0.05, 0) is 37.1 Å². The molecule has 1 aromatic carbocycles. The molecule has 2 heteroatoms. The Morgan fingerprint density at radius 3 is 2.86 bits per heavy atom. The number of fused-ring (bicyclic) bond motifs is 1. The van der Waals surface area contributed by atoms with E-state index in [-0.39, 0.29) is 0 Å². The zero-order valence-corrected chi connectivity index (χ0v) is 9.32. The molecule has 0 aliphatic carbocycles. The largest absolute Gasteiger partial charge is 0.350 e. The van der Waals surface area contributed by atoms with E-state index in [1.807, 2.05) is 11.8 Å². The van der Waals surface area contributed by atoms with Crippen LogP contribution in [0, 0.1) is 26.2 Å². The highest BCUT2D eigenvalue weighted by Crippen LogP contribution is 2.39. The minimum atomic E-state index is 0.711. The molecule has 0 amide bonds. The maximum Gasteiger partial charge on any atom is 0.0800 e. The second kappa shape index (κ2) is 3.59. The molecule has 2 rings (SSSR count). The van der Waals surface area contributed by atoms with Crippen molar-refractivity contribution in [3.8, 4) is 12.3 Å². The minimum absolute atomic E-state index is 0.711. The van der Waals surface area contributed by atoms with Gasteiger partial charge >= 0.3 is 0 Å². The Hall–Kier alpha value is -1.07. The number of hydrogen-bond acceptors (Lipinski definition) is 2. The number of rotatable bonds is 1. The van der Waals surface area contributed by atoms with E-state index in [9.17, 15) is 0 Å². The van der Waals surface area contributed by atoms with Crippen LogP contribution in [-0.2, 0) is 0 Å². The lowest BCUT2D eigenvalue weighted by atomic mass is 10.1. The van der Waals surface area contributed by atoms with Gasteiger partial charge < -0.3 is 4.90 Å². The summed E-state index contributed by atoms with van der Waals surface area (Å²) in [5.74, 6) is 3.69. The molecule has 72 valence electrons. The van der Waals surface area contributed by atoms with Crippen molar-refractivity contribution < 1.29 is 0 Å². The zero-order chi connectivity index (χ0) is 10.1. The van der Waals surface area contributed by atoms with E-state index in [1.165, 1.54) is 21.7 Å². The third-order valence-electron chi connectivity index (χ3n) is 2.57. The lowest BCUT2D eigenvalue weighted by molar-refractivity contribution is 1.02. The van der Waals surface area contributed by atoms with Crippen molar-refractivity contribution in [2.24, 2.45) is 0 Å². The van der Waals surface area contributed by atoms with Crippen LogP contribution in [0.1, 0.15) is 11.1 Å². The summed E-state index contributed by atoms with van der Waals surface area (Å²) in [4.78, 5) is 3.61. The Labute approximate surface area is 89.5 Å². The van der Waals surface area contributed by atoms with E-state index in [0.29, 0.717) is 6.54 Å². The van der Waals surface area contributed by atoms with Crippen molar-refractivity contribution >= 4 is 17.4 Å². The Morgan fingerprint density at radius 1 is 1.43 bits per heavy atom. The Kier molecular flexibility index (Phi) is 2.43. The number of thioether (sulfide) groups is 1. The average Bonchev–Trinajstić information content (AvgIpc) is 2.51. The molecule has 1 aliphatic rings. The van der Waals surface area contributed by atoms with Gasteiger partial charge in [0.1, 0.15) is 0 Å². The third-order valence-corrected chi connectivity index (χ3v) is 3.65. The average molecular weight is 203 g/mol. The van der Waals surface area contributed by atoms with E-state index in [1.54, 1.807) is 0 Å². The fraction of sp³-hybridized carbons (Fsp3) is 0.333. The van der Waals surface area contributed by atoms with Crippen LogP contribution >= 0.6 is 11.8 Å². The van der Waals surface area contributed by atoms with Gasteiger partial charge in [-0.3, -0.25) is 0 Å². The van der Waals surface area contributed by atoms with Crippen LogP contribution in [0.15, 0.2) is 17.0 Å². The maximum atomic E-state index is 5.33. The van der Waals surface area contributed by atoms with Crippen molar-refractivity contribution in [1.29, 1.82) is 0 Å². The number of aryl methyl sites for hydroxylation is 2. The van der Waals surface area contributed by atoms with Gasteiger partial charge in [0.15, 0.2) is 0 Å². The molecule has 1 nitrogen and oxygen atoms in total. The molecule has 0 radical (unpaired) electrons. The first-order chi connectivity index (χ1) is 6.72. The van der Waals surface area contributed by atoms with E-state index in [2.05, 4.69) is 36.8 Å². The van der Waals surface area contributed by atoms with Gasteiger partial charge in [0.2, 0.25) is 0 Å². The highest BCUT2D eigenvalue weighted by Gasteiger charge is 2.19. The van der Waals surface area contributed by atoms with Crippen LogP contribution in [0.2, 0.25) is 0 Å². The van der Waals surface area contributed by atoms with Crippen LogP contribution in [0.5, 0.6) is 0 Å². The predicted molar refractivity (Wildman–Crippen MR) is 62.8 cm³/mol. The van der Waals surface area contributed by atoms with Crippen molar-refractivity contribution in [3.05, 3.63) is 23.3 Å². The van der Waals surface area contributed by atoms with Crippen molar-refractivity contribution in [2.45, 2.75) is 18.7 Å². The first-order valence-electron chi connectivity index (χ1n) is 4.65. The summed E-state index contributed by atoms with van der Waals surface area (Å²) in [6.45, 7) is 5.01. The summed E-state index contributed by atoms with van der Waals surface area (Å²) < 4.78 is 0. The van der Waals surface area contributed by atoms with Crippen molar-refractivity contribution in [2.75, 3.05) is 17.3 Å². The second-order valence-corrected chi connectivity index (χ2v) is 4.57. The molecule has 0 N–H and O–H groups in total. The fourth-order valence-electron chi connectivity index (χ4n) is 1.60. The molecule has 0 fully saturated rings. The number of hydrogen-bond donors (Lipinski definition) is 0. The summed E-state index contributed by atoms with van der Waals surface area (Å²) in [7, 11) is 0. The van der Waals surface area contributed by atoms with Gasteiger partial charge in [0.05, 0.1) is 18.1 Å². The van der Waals surface area contributed by atoms with Gasteiger partial charge in [-0.2, -0.15) is 0 Å². The molecular formula is C12H13NS. The van der Waals surface area contributed by atoms with E-state index in [4.69, 9.17) is 6.42 Å². The van der Waals surface area contributed by atoms with Gasteiger partial charge in [0.25, 0.3) is 0 Å². The summed E-state index contributed by atoms with van der Waals surface area (Å²) in [5, 5.41) is 0. The standard InChI is InChI=1S/C12H13NS/c1-4-5-13-8-14-12-7-10(3)9(2)6-11(12)13/h1,6-7H,5,8H2,2-3H3. The van der Waals surface area contributed by atoms with Gasteiger partial charge in [-0.15, -0.1) is 18.2 Å². The van der Waals surface area contributed by atoms with E-state index >= 15 is 0 Å². The van der Waals surface area contributed by atoms with Gasteiger partial charge in [0, 0.05) is 4.90 Å². The topological polar surface area (TPSA) is 3.24 Å². The van der Waals surface area contributed by atoms with Gasteiger partial charge in [-0.1, -0.05) is 5.92 Å². The molecule has 0 bridgehead atoms. The Morgan fingerprint density at radius 2 is 2.14 bits per heavy atom. The molecule has 0 saturated heterocycles. The quantitative estimate of drug-likeness (QED) is 0.646. The maximum absolute atomic E-state index is 5.33. The molecule has 14 heavy (non-hydrogen) atoms. The summed E-state index contributed by atoms with van der Waals surface area (Å²) in [5.41, 5.74) is 4.00. The van der Waals surface area contributed by atoms with Crippen LogP contribution in [0.4, 0.5) is 5.69 Å². The molecule has 1 heterocycles. The van der Waals surface area contributed by atoms with Crippen molar-refractivity contribution in [3.63, 3.8) is 0 Å². The predicted octanol–water partition coefficient (Wildman–Crippen LogP) is 2.81. The summed E-state index contributed by atoms with van der Waals surface area (Å²) >= 11 is 1.87.